The Morgan fingerprint density at radius 3 is 2.26 bits per heavy atom. The minimum absolute atomic E-state index is 0.256. The summed E-state index contributed by atoms with van der Waals surface area (Å²) in [6, 6.07) is 6.83. The largest absolute Gasteiger partial charge is 0.484 e. The summed E-state index contributed by atoms with van der Waals surface area (Å²) in [6.45, 7) is 3.01. The van der Waals surface area contributed by atoms with E-state index < -0.39 is 12.8 Å². The maximum Gasteiger partial charge on any atom is 0.422 e. The molecular formula is C14H18F3NO. The Hall–Kier alpha value is -1.39. The van der Waals surface area contributed by atoms with Crippen LogP contribution in [0.5, 0.6) is 5.75 Å². The number of alkyl halides is 3. The molecule has 1 saturated heterocycles. The van der Waals surface area contributed by atoms with Crippen molar-refractivity contribution in [2.24, 2.45) is 5.92 Å². The molecule has 1 fully saturated rings. The number of piperidine rings is 1. The van der Waals surface area contributed by atoms with Crippen molar-refractivity contribution in [1.82, 2.24) is 0 Å². The highest BCUT2D eigenvalue weighted by molar-refractivity contribution is 5.49. The molecule has 0 saturated carbocycles. The van der Waals surface area contributed by atoms with Gasteiger partial charge in [0.15, 0.2) is 6.61 Å². The molecule has 0 unspecified atom stereocenters. The van der Waals surface area contributed by atoms with Gasteiger partial charge in [-0.05, 0) is 43.0 Å². The van der Waals surface area contributed by atoms with E-state index in [4.69, 9.17) is 0 Å². The topological polar surface area (TPSA) is 12.5 Å². The Labute approximate surface area is 111 Å². The van der Waals surface area contributed by atoms with Gasteiger partial charge in [0.2, 0.25) is 0 Å². The Kier molecular flexibility index (Phi) is 4.22. The first-order chi connectivity index (χ1) is 8.94. The second-order valence-electron chi connectivity index (χ2n) is 5.07. The quantitative estimate of drug-likeness (QED) is 0.829. The zero-order valence-corrected chi connectivity index (χ0v) is 10.9. The lowest BCUT2D eigenvalue weighted by molar-refractivity contribution is -0.153. The van der Waals surface area contributed by atoms with Crippen molar-refractivity contribution in [2.45, 2.75) is 25.9 Å². The lowest BCUT2D eigenvalue weighted by atomic mass is 9.99. The number of ether oxygens (including phenoxy) is 1. The predicted molar refractivity (Wildman–Crippen MR) is 68.6 cm³/mol. The molecule has 106 valence electrons. The van der Waals surface area contributed by atoms with Crippen molar-refractivity contribution in [1.29, 1.82) is 0 Å². The van der Waals surface area contributed by atoms with Gasteiger partial charge in [-0.25, -0.2) is 0 Å². The third kappa shape index (κ3) is 4.33. The van der Waals surface area contributed by atoms with Gasteiger partial charge in [0.1, 0.15) is 5.75 Å². The Morgan fingerprint density at radius 2 is 1.74 bits per heavy atom. The average molecular weight is 273 g/mol. The van der Waals surface area contributed by atoms with Gasteiger partial charge in [-0.2, -0.15) is 13.2 Å². The molecule has 2 rings (SSSR count). The highest BCUT2D eigenvalue weighted by Gasteiger charge is 2.28. The van der Waals surface area contributed by atoms with Gasteiger partial charge >= 0.3 is 6.18 Å². The number of benzene rings is 1. The van der Waals surface area contributed by atoms with E-state index in [1.54, 1.807) is 12.1 Å². The van der Waals surface area contributed by atoms with E-state index in [9.17, 15) is 13.2 Å². The summed E-state index contributed by atoms with van der Waals surface area (Å²) in [5, 5.41) is 0. The van der Waals surface area contributed by atoms with Crippen molar-refractivity contribution >= 4 is 5.69 Å². The smallest absolute Gasteiger partial charge is 0.422 e. The third-order valence-corrected chi connectivity index (χ3v) is 3.39. The number of anilines is 1. The fourth-order valence-corrected chi connectivity index (χ4v) is 2.19. The molecule has 1 aromatic carbocycles. The first-order valence-electron chi connectivity index (χ1n) is 6.48. The van der Waals surface area contributed by atoms with Gasteiger partial charge in [0.25, 0.3) is 0 Å². The molecule has 2 nitrogen and oxygen atoms in total. The van der Waals surface area contributed by atoms with Crippen LogP contribution in [0, 0.1) is 5.92 Å². The predicted octanol–water partition coefficient (Wildman–Crippen LogP) is 3.86. The number of nitrogens with zero attached hydrogens (tertiary/aromatic N) is 1. The molecule has 0 aromatic heterocycles. The second kappa shape index (κ2) is 5.72. The zero-order chi connectivity index (χ0) is 13.9. The molecule has 0 spiro atoms. The molecule has 0 radical (unpaired) electrons. The summed E-state index contributed by atoms with van der Waals surface area (Å²) in [5.41, 5.74) is 1.05. The van der Waals surface area contributed by atoms with Gasteiger partial charge in [-0.15, -0.1) is 0 Å². The summed E-state index contributed by atoms with van der Waals surface area (Å²) < 4.78 is 40.7. The molecular weight excluding hydrogens is 255 g/mol. The molecule has 0 bridgehead atoms. The summed E-state index contributed by atoms with van der Waals surface area (Å²) in [5.74, 6) is 1.01. The van der Waals surface area contributed by atoms with E-state index in [0.29, 0.717) is 0 Å². The van der Waals surface area contributed by atoms with E-state index in [1.165, 1.54) is 0 Å². The minimum Gasteiger partial charge on any atom is -0.484 e. The summed E-state index contributed by atoms with van der Waals surface area (Å²) in [6.07, 6.45) is -1.97. The van der Waals surface area contributed by atoms with E-state index in [-0.39, 0.29) is 5.75 Å². The summed E-state index contributed by atoms with van der Waals surface area (Å²) >= 11 is 0. The third-order valence-electron chi connectivity index (χ3n) is 3.39. The lowest BCUT2D eigenvalue weighted by Crippen LogP contribution is -2.32. The van der Waals surface area contributed by atoms with Crippen LogP contribution in [0.2, 0.25) is 0 Å². The van der Waals surface area contributed by atoms with Crippen molar-refractivity contribution in [3.05, 3.63) is 24.3 Å². The SMILES string of the molecule is CC1CCN(c2ccc(OCC(F)(F)F)cc2)CC1. The highest BCUT2D eigenvalue weighted by Crippen LogP contribution is 2.25. The molecule has 1 aliphatic heterocycles. The molecule has 0 aliphatic carbocycles. The summed E-state index contributed by atoms with van der Waals surface area (Å²) in [4.78, 5) is 2.26. The van der Waals surface area contributed by atoms with Crippen LogP contribution in [0.25, 0.3) is 0 Å². The Bertz CT molecular complexity index is 394. The lowest BCUT2D eigenvalue weighted by Gasteiger charge is -2.32. The highest BCUT2D eigenvalue weighted by atomic mass is 19.4. The van der Waals surface area contributed by atoms with Gasteiger partial charge in [0, 0.05) is 18.8 Å². The Balaban J connectivity index is 1.91. The van der Waals surface area contributed by atoms with Gasteiger partial charge in [-0.3, -0.25) is 0 Å². The normalized spacial score (nSPS) is 17.6. The van der Waals surface area contributed by atoms with E-state index in [1.807, 2.05) is 12.1 Å². The van der Waals surface area contributed by atoms with Crippen LogP contribution in [0.4, 0.5) is 18.9 Å². The van der Waals surface area contributed by atoms with Crippen molar-refractivity contribution < 1.29 is 17.9 Å². The summed E-state index contributed by atoms with van der Waals surface area (Å²) in [7, 11) is 0. The second-order valence-corrected chi connectivity index (χ2v) is 5.07. The number of rotatable bonds is 3. The maximum absolute atomic E-state index is 12.0. The molecule has 5 heteroatoms. The van der Waals surface area contributed by atoms with Gasteiger partial charge in [-0.1, -0.05) is 6.92 Å². The van der Waals surface area contributed by atoms with Crippen LogP contribution in [-0.2, 0) is 0 Å². The molecule has 1 aliphatic rings. The zero-order valence-electron chi connectivity index (χ0n) is 10.9. The fourth-order valence-electron chi connectivity index (χ4n) is 2.19. The molecule has 1 heterocycles. The van der Waals surface area contributed by atoms with E-state index in [0.717, 1.165) is 37.5 Å². The maximum atomic E-state index is 12.0. The average Bonchev–Trinajstić information content (AvgIpc) is 2.37. The van der Waals surface area contributed by atoms with Crippen LogP contribution in [0.3, 0.4) is 0 Å². The van der Waals surface area contributed by atoms with Crippen molar-refractivity contribution in [2.75, 3.05) is 24.6 Å². The fraction of sp³-hybridized carbons (Fsp3) is 0.571. The van der Waals surface area contributed by atoms with E-state index >= 15 is 0 Å². The monoisotopic (exact) mass is 273 g/mol. The van der Waals surface area contributed by atoms with Crippen LogP contribution in [0.1, 0.15) is 19.8 Å². The minimum atomic E-state index is -4.29. The van der Waals surface area contributed by atoms with E-state index in [2.05, 4.69) is 16.6 Å². The Morgan fingerprint density at radius 1 is 1.16 bits per heavy atom. The first kappa shape index (κ1) is 14.0. The molecule has 1 aromatic rings. The number of hydrogen-bond acceptors (Lipinski definition) is 2. The number of hydrogen-bond donors (Lipinski definition) is 0. The van der Waals surface area contributed by atoms with Crippen LogP contribution in [-0.4, -0.2) is 25.9 Å². The van der Waals surface area contributed by atoms with Crippen LogP contribution >= 0.6 is 0 Å². The van der Waals surface area contributed by atoms with Gasteiger partial charge < -0.3 is 9.64 Å². The van der Waals surface area contributed by atoms with Gasteiger partial charge in [0.05, 0.1) is 0 Å². The number of halogens is 3. The van der Waals surface area contributed by atoms with Crippen molar-refractivity contribution in [3.8, 4) is 5.75 Å². The molecule has 0 atom stereocenters. The first-order valence-corrected chi connectivity index (χ1v) is 6.48. The molecule has 19 heavy (non-hydrogen) atoms. The van der Waals surface area contributed by atoms with Crippen LogP contribution < -0.4 is 9.64 Å². The van der Waals surface area contributed by atoms with Crippen LogP contribution in [0.15, 0.2) is 24.3 Å². The molecule has 0 N–H and O–H groups in total. The van der Waals surface area contributed by atoms with Crippen molar-refractivity contribution in [3.63, 3.8) is 0 Å². The molecule has 0 amide bonds. The standard InChI is InChI=1S/C14H18F3NO/c1-11-6-8-18(9-7-11)12-2-4-13(5-3-12)19-10-14(15,16)17/h2-5,11H,6-10H2,1H3.